The molecule has 2 rings (SSSR count). The van der Waals surface area contributed by atoms with Gasteiger partial charge in [0.1, 0.15) is 5.75 Å². The summed E-state index contributed by atoms with van der Waals surface area (Å²) in [4.78, 5) is 0. The highest BCUT2D eigenvalue weighted by atomic mass is 35.5. The van der Waals surface area contributed by atoms with Gasteiger partial charge in [-0.15, -0.1) is 0 Å². The van der Waals surface area contributed by atoms with Gasteiger partial charge >= 0.3 is 0 Å². The molecular formula is C14H13ClFNO. The van der Waals surface area contributed by atoms with Crippen LogP contribution in [-0.2, 0) is 6.42 Å². The number of ether oxygens (including phenoxy) is 1. The smallest absolute Gasteiger partial charge is 0.166 e. The van der Waals surface area contributed by atoms with Crippen molar-refractivity contribution in [1.29, 1.82) is 0 Å². The molecule has 0 atom stereocenters. The number of halogens is 2. The van der Waals surface area contributed by atoms with E-state index in [2.05, 4.69) is 0 Å². The Hall–Kier alpha value is -1.58. The van der Waals surface area contributed by atoms with Gasteiger partial charge in [-0.05, 0) is 36.7 Å². The van der Waals surface area contributed by atoms with Crippen molar-refractivity contribution in [3.63, 3.8) is 0 Å². The molecular weight excluding hydrogens is 253 g/mol. The molecule has 18 heavy (non-hydrogen) atoms. The van der Waals surface area contributed by atoms with Crippen LogP contribution in [0.2, 0.25) is 5.02 Å². The minimum absolute atomic E-state index is 0.191. The molecule has 0 unspecified atom stereocenters. The number of hydrogen-bond donors (Lipinski definition) is 1. The first-order valence-corrected chi connectivity index (χ1v) is 6.00. The molecule has 0 radical (unpaired) electrons. The van der Waals surface area contributed by atoms with E-state index in [-0.39, 0.29) is 5.75 Å². The fraction of sp³-hybridized carbons (Fsp3) is 0.143. The van der Waals surface area contributed by atoms with Crippen LogP contribution in [0.1, 0.15) is 5.56 Å². The molecule has 0 aliphatic rings. The minimum atomic E-state index is -0.416. The molecule has 0 saturated heterocycles. The summed E-state index contributed by atoms with van der Waals surface area (Å²) in [6.45, 7) is 0.433. The van der Waals surface area contributed by atoms with Crippen molar-refractivity contribution in [2.75, 3.05) is 6.54 Å². The Morgan fingerprint density at radius 1 is 1.11 bits per heavy atom. The predicted molar refractivity (Wildman–Crippen MR) is 70.7 cm³/mol. The summed E-state index contributed by atoms with van der Waals surface area (Å²) < 4.78 is 19.3. The van der Waals surface area contributed by atoms with Gasteiger partial charge in [-0.1, -0.05) is 35.9 Å². The summed E-state index contributed by atoms with van der Waals surface area (Å²) in [5.74, 6) is 0.208. The van der Waals surface area contributed by atoms with Crippen molar-refractivity contribution >= 4 is 11.6 Å². The van der Waals surface area contributed by atoms with Crippen LogP contribution in [0.25, 0.3) is 0 Å². The molecule has 2 aromatic rings. The fourth-order valence-electron chi connectivity index (χ4n) is 1.66. The largest absolute Gasteiger partial charge is 0.452 e. The van der Waals surface area contributed by atoms with Gasteiger partial charge in [-0.2, -0.15) is 0 Å². The average molecular weight is 266 g/mol. The zero-order chi connectivity index (χ0) is 13.0. The van der Waals surface area contributed by atoms with E-state index in [0.717, 1.165) is 5.56 Å². The quantitative estimate of drug-likeness (QED) is 0.913. The topological polar surface area (TPSA) is 35.2 Å². The second-order valence-electron chi connectivity index (χ2n) is 3.80. The number of benzene rings is 2. The van der Waals surface area contributed by atoms with Crippen LogP contribution >= 0.6 is 11.6 Å². The maximum atomic E-state index is 13.8. The van der Waals surface area contributed by atoms with Gasteiger partial charge < -0.3 is 10.5 Å². The van der Waals surface area contributed by atoms with Crippen molar-refractivity contribution in [2.45, 2.75) is 6.42 Å². The Bertz CT molecular complexity index is 545. The summed E-state index contributed by atoms with van der Waals surface area (Å²) in [6.07, 6.45) is 0.553. The lowest BCUT2D eigenvalue weighted by atomic mass is 10.1. The Morgan fingerprint density at radius 2 is 1.89 bits per heavy atom. The van der Waals surface area contributed by atoms with E-state index in [1.165, 1.54) is 6.07 Å². The molecule has 0 aliphatic heterocycles. The monoisotopic (exact) mass is 265 g/mol. The van der Waals surface area contributed by atoms with Crippen LogP contribution in [0.4, 0.5) is 4.39 Å². The highest BCUT2D eigenvalue weighted by Crippen LogP contribution is 2.32. The van der Waals surface area contributed by atoms with Crippen LogP contribution < -0.4 is 10.5 Å². The number of hydrogen-bond acceptors (Lipinski definition) is 2. The second-order valence-corrected chi connectivity index (χ2v) is 4.21. The first kappa shape index (κ1) is 12.9. The van der Waals surface area contributed by atoms with Crippen LogP contribution in [0, 0.1) is 5.82 Å². The van der Waals surface area contributed by atoms with Gasteiger partial charge in [0.25, 0.3) is 0 Å². The molecule has 0 aromatic heterocycles. The maximum Gasteiger partial charge on any atom is 0.166 e. The SMILES string of the molecule is NCCc1cccc(F)c1Oc1ccccc1Cl. The van der Waals surface area contributed by atoms with Crippen molar-refractivity contribution in [3.05, 3.63) is 58.9 Å². The summed E-state index contributed by atoms with van der Waals surface area (Å²) in [5.41, 5.74) is 6.23. The van der Waals surface area contributed by atoms with Crippen molar-refractivity contribution in [1.82, 2.24) is 0 Å². The van der Waals surface area contributed by atoms with Crippen LogP contribution in [0.3, 0.4) is 0 Å². The molecule has 4 heteroatoms. The third kappa shape index (κ3) is 2.81. The standard InChI is InChI=1S/C14H13ClFNO/c15-11-5-1-2-7-13(11)18-14-10(8-9-17)4-3-6-12(14)16/h1-7H,8-9,17H2. The summed E-state index contributed by atoms with van der Waals surface area (Å²) in [5, 5.41) is 0.444. The van der Waals surface area contributed by atoms with Gasteiger partial charge in [0.05, 0.1) is 5.02 Å². The summed E-state index contributed by atoms with van der Waals surface area (Å²) in [7, 11) is 0. The zero-order valence-electron chi connectivity index (χ0n) is 9.70. The third-order valence-electron chi connectivity index (χ3n) is 2.51. The Morgan fingerprint density at radius 3 is 2.61 bits per heavy atom. The third-order valence-corrected chi connectivity index (χ3v) is 2.82. The summed E-state index contributed by atoms with van der Waals surface area (Å²) in [6, 6.07) is 11.7. The van der Waals surface area contributed by atoms with E-state index in [1.54, 1.807) is 36.4 Å². The fourth-order valence-corrected chi connectivity index (χ4v) is 1.83. The summed E-state index contributed by atoms with van der Waals surface area (Å²) >= 11 is 5.98. The van der Waals surface area contributed by atoms with E-state index in [1.807, 2.05) is 0 Å². The molecule has 0 saturated carbocycles. The molecule has 0 bridgehead atoms. The van der Waals surface area contributed by atoms with E-state index < -0.39 is 5.82 Å². The number of nitrogens with two attached hydrogens (primary N) is 1. The van der Waals surface area contributed by atoms with Gasteiger partial charge in [-0.3, -0.25) is 0 Å². The van der Waals surface area contributed by atoms with Gasteiger partial charge in [0.2, 0.25) is 0 Å². The Kier molecular flexibility index (Phi) is 4.18. The lowest BCUT2D eigenvalue weighted by Gasteiger charge is -2.12. The van der Waals surface area contributed by atoms with E-state index in [4.69, 9.17) is 22.1 Å². The Labute approximate surface area is 110 Å². The molecule has 94 valence electrons. The highest BCUT2D eigenvalue weighted by molar-refractivity contribution is 6.32. The molecule has 0 spiro atoms. The first-order chi connectivity index (χ1) is 8.72. The first-order valence-electron chi connectivity index (χ1n) is 5.62. The Balaban J connectivity index is 2.36. The lowest BCUT2D eigenvalue weighted by Crippen LogP contribution is -2.05. The van der Waals surface area contributed by atoms with Crippen molar-refractivity contribution in [3.8, 4) is 11.5 Å². The van der Waals surface area contributed by atoms with E-state index in [9.17, 15) is 4.39 Å². The zero-order valence-corrected chi connectivity index (χ0v) is 10.5. The molecule has 2 nitrogen and oxygen atoms in total. The van der Waals surface area contributed by atoms with Gasteiger partial charge in [-0.25, -0.2) is 4.39 Å². The van der Waals surface area contributed by atoms with E-state index in [0.29, 0.717) is 23.7 Å². The average Bonchev–Trinajstić information content (AvgIpc) is 2.36. The van der Waals surface area contributed by atoms with E-state index >= 15 is 0 Å². The molecule has 2 N–H and O–H groups in total. The maximum absolute atomic E-state index is 13.8. The lowest BCUT2D eigenvalue weighted by molar-refractivity contribution is 0.436. The predicted octanol–water partition coefficient (Wildman–Crippen LogP) is 3.77. The molecule has 0 fully saturated rings. The second kappa shape index (κ2) is 5.85. The van der Waals surface area contributed by atoms with Crippen molar-refractivity contribution in [2.24, 2.45) is 5.73 Å². The molecule has 0 aliphatic carbocycles. The highest BCUT2D eigenvalue weighted by Gasteiger charge is 2.11. The van der Waals surface area contributed by atoms with Crippen LogP contribution in [0.15, 0.2) is 42.5 Å². The van der Waals surface area contributed by atoms with Gasteiger partial charge in [0, 0.05) is 0 Å². The van der Waals surface area contributed by atoms with Gasteiger partial charge in [0.15, 0.2) is 11.6 Å². The number of rotatable bonds is 4. The van der Waals surface area contributed by atoms with Crippen LogP contribution in [0.5, 0.6) is 11.5 Å². The minimum Gasteiger partial charge on any atom is -0.452 e. The normalized spacial score (nSPS) is 10.4. The molecule has 0 heterocycles. The number of para-hydroxylation sites is 2. The van der Waals surface area contributed by atoms with Crippen LogP contribution in [-0.4, -0.2) is 6.54 Å². The van der Waals surface area contributed by atoms with Crippen molar-refractivity contribution < 1.29 is 9.13 Å². The molecule has 0 amide bonds. The molecule has 2 aromatic carbocycles.